The van der Waals surface area contributed by atoms with Gasteiger partial charge in [-0.15, -0.1) is 0 Å². The van der Waals surface area contributed by atoms with Gasteiger partial charge in [-0.3, -0.25) is 0 Å². The van der Waals surface area contributed by atoms with Gasteiger partial charge in [0, 0.05) is 11.1 Å². The fourth-order valence-electron chi connectivity index (χ4n) is 3.96. The van der Waals surface area contributed by atoms with Crippen LogP contribution in [0.25, 0.3) is 0 Å². The second-order valence-electron chi connectivity index (χ2n) is 8.26. The molecule has 0 aromatic heterocycles. The number of fused-ring (bicyclic) bond motifs is 1. The summed E-state index contributed by atoms with van der Waals surface area (Å²) in [7, 11) is 0. The van der Waals surface area contributed by atoms with Crippen LogP contribution < -0.4 is 5.73 Å². The lowest BCUT2D eigenvalue weighted by Gasteiger charge is -2.35. The van der Waals surface area contributed by atoms with Crippen molar-refractivity contribution in [3.8, 4) is 5.75 Å². The van der Waals surface area contributed by atoms with E-state index in [9.17, 15) is 10.2 Å². The maximum Gasteiger partial charge on any atom is 0.119 e. The van der Waals surface area contributed by atoms with Gasteiger partial charge in [-0.05, 0) is 81.4 Å². The Kier molecular flexibility index (Phi) is 5.42. The van der Waals surface area contributed by atoms with Gasteiger partial charge < -0.3 is 15.9 Å². The van der Waals surface area contributed by atoms with Crippen molar-refractivity contribution in [2.24, 2.45) is 11.7 Å². The molecule has 1 aromatic carbocycles. The topological polar surface area (TPSA) is 66.5 Å². The lowest BCUT2D eigenvalue weighted by Crippen LogP contribution is -2.45. The van der Waals surface area contributed by atoms with Gasteiger partial charge in [0.25, 0.3) is 0 Å². The molecule has 0 spiro atoms. The molecule has 3 nitrogen and oxygen atoms in total. The third-order valence-electron chi connectivity index (χ3n) is 5.58. The summed E-state index contributed by atoms with van der Waals surface area (Å²) in [6.07, 6.45) is 3.47. The van der Waals surface area contributed by atoms with E-state index in [0.717, 1.165) is 36.8 Å². The number of rotatable bonds is 5. The standard InChI is InChI=1S/C20H33NO2/c1-12-10-16-15(8-6-14(3)19(16)17(22)11-12)13(2)7-9-18(23)20(4,5)21/h10-11,13-15,18,22-23H,6-9,21H2,1-5H3/t13-,14+,15?,18?/m0/s1. The Labute approximate surface area is 140 Å². The van der Waals surface area contributed by atoms with Crippen molar-refractivity contribution in [3.05, 3.63) is 28.8 Å². The minimum Gasteiger partial charge on any atom is -0.508 e. The highest BCUT2D eigenvalue weighted by atomic mass is 16.3. The quantitative estimate of drug-likeness (QED) is 0.762. The molecule has 1 aliphatic rings. The van der Waals surface area contributed by atoms with Crippen molar-refractivity contribution in [2.75, 3.05) is 0 Å². The molecule has 0 bridgehead atoms. The molecular weight excluding hydrogens is 286 g/mol. The Hall–Kier alpha value is -1.06. The van der Waals surface area contributed by atoms with Gasteiger partial charge in [-0.1, -0.05) is 19.9 Å². The van der Waals surface area contributed by atoms with Crippen LogP contribution in [0.2, 0.25) is 0 Å². The van der Waals surface area contributed by atoms with E-state index in [1.807, 2.05) is 26.8 Å². The first-order valence-corrected chi connectivity index (χ1v) is 8.91. The fraction of sp³-hybridized carbons (Fsp3) is 0.700. The molecule has 1 aromatic rings. The normalized spacial score (nSPS) is 24.1. The zero-order valence-electron chi connectivity index (χ0n) is 15.3. The van der Waals surface area contributed by atoms with E-state index in [1.54, 1.807) is 0 Å². The highest BCUT2D eigenvalue weighted by Gasteiger charge is 2.32. The summed E-state index contributed by atoms with van der Waals surface area (Å²) in [5.74, 6) is 1.80. The van der Waals surface area contributed by atoms with Gasteiger partial charge in [0.1, 0.15) is 5.75 Å². The first-order valence-electron chi connectivity index (χ1n) is 8.91. The van der Waals surface area contributed by atoms with Gasteiger partial charge in [0.15, 0.2) is 0 Å². The molecule has 0 fully saturated rings. The first kappa shape index (κ1) is 18.3. The third kappa shape index (κ3) is 4.07. The lowest BCUT2D eigenvalue weighted by molar-refractivity contribution is 0.0871. The Morgan fingerprint density at radius 1 is 1.26 bits per heavy atom. The minimum absolute atomic E-state index is 0.419. The van der Waals surface area contributed by atoms with Crippen molar-refractivity contribution in [1.29, 1.82) is 0 Å². The Morgan fingerprint density at radius 3 is 2.52 bits per heavy atom. The summed E-state index contributed by atoms with van der Waals surface area (Å²) < 4.78 is 0. The van der Waals surface area contributed by atoms with E-state index in [2.05, 4.69) is 19.9 Å². The molecule has 2 rings (SSSR count). The maximum absolute atomic E-state index is 10.4. The van der Waals surface area contributed by atoms with E-state index >= 15 is 0 Å². The smallest absolute Gasteiger partial charge is 0.119 e. The second-order valence-corrected chi connectivity index (χ2v) is 8.26. The van der Waals surface area contributed by atoms with Crippen LogP contribution in [0.1, 0.15) is 81.9 Å². The summed E-state index contributed by atoms with van der Waals surface area (Å²) >= 11 is 0. The minimum atomic E-state index is -0.548. The number of aryl methyl sites for hydroxylation is 1. The number of aromatic hydroxyl groups is 1. The van der Waals surface area contributed by atoms with Crippen molar-refractivity contribution >= 4 is 0 Å². The molecule has 0 amide bonds. The zero-order chi connectivity index (χ0) is 17.4. The predicted molar refractivity (Wildman–Crippen MR) is 95.9 cm³/mol. The maximum atomic E-state index is 10.4. The summed E-state index contributed by atoms with van der Waals surface area (Å²) in [6, 6.07) is 4.12. The van der Waals surface area contributed by atoms with Crippen LogP contribution in [0.5, 0.6) is 5.75 Å². The van der Waals surface area contributed by atoms with E-state index in [-0.39, 0.29) is 0 Å². The Morgan fingerprint density at radius 2 is 1.91 bits per heavy atom. The SMILES string of the molecule is Cc1cc(O)c2c(c1)C([C@@H](C)CCC(O)C(C)(C)N)CC[C@H]2C. The number of nitrogens with two attached hydrogens (primary N) is 1. The molecule has 23 heavy (non-hydrogen) atoms. The van der Waals surface area contributed by atoms with E-state index in [4.69, 9.17) is 5.73 Å². The van der Waals surface area contributed by atoms with Crippen LogP contribution in [0.4, 0.5) is 0 Å². The molecule has 3 heteroatoms. The van der Waals surface area contributed by atoms with E-state index in [0.29, 0.717) is 23.5 Å². The number of hydrogen-bond donors (Lipinski definition) is 3. The van der Waals surface area contributed by atoms with E-state index < -0.39 is 11.6 Å². The highest BCUT2D eigenvalue weighted by Crippen LogP contribution is 2.47. The molecule has 0 saturated heterocycles. The van der Waals surface area contributed by atoms with Crippen LogP contribution in [0.3, 0.4) is 0 Å². The number of phenolic OH excluding ortho intramolecular Hbond substituents is 1. The van der Waals surface area contributed by atoms with Crippen LogP contribution in [0.15, 0.2) is 12.1 Å². The van der Waals surface area contributed by atoms with Crippen LogP contribution in [0, 0.1) is 12.8 Å². The molecule has 4 N–H and O–H groups in total. The Bertz CT molecular complexity index is 547. The van der Waals surface area contributed by atoms with Crippen LogP contribution >= 0.6 is 0 Å². The summed E-state index contributed by atoms with van der Waals surface area (Å²) in [5, 5.41) is 20.6. The van der Waals surface area contributed by atoms with Crippen molar-refractivity contribution in [2.45, 2.75) is 83.8 Å². The van der Waals surface area contributed by atoms with E-state index in [1.165, 1.54) is 5.56 Å². The van der Waals surface area contributed by atoms with Crippen molar-refractivity contribution in [1.82, 2.24) is 0 Å². The lowest BCUT2D eigenvalue weighted by atomic mass is 9.70. The van der Waals surface area contributed by atoms with Gasteiger partial charge in [0.2, 0.25) is 0 Å². The summed E-state index contributed by atoms with van der Waals surface area (Å²) in [4.78, 5) is 0. The Balaban J connectivity index is 2.17. The molecule has 0 radical (unpaired) electrons. The molecule has 1 aliphatic carbocycles. The molecule has 0 heterocycles. The fourth-order valence-corrected chi connectivity index (χ4v) is 3.96. The number of aliphatic hydroxyl groups is 1. The molecule has 0 saturated carbocycles. The van der Waals surface area contributed by atoms with Gasteiger partial charge >= 0.3 is 0 Å². The second kappa shape index (κ2) is 6.82. The van der Waals surface area contributed by atoms with Crippen molar-refractivity contribution < 1.29 is 10.2 Å². The number of benzene rings is 1. The number of phenols is 1. The monoisotopic (exact) mass is 319 g/mol. The van der Waals surface area contributed by atoms with Gasteiger partial charge in [-0.2, -0.15) is 0 Å². The van der Waals surface area contributed by atoms with Crippen molar-refractivity contribution in [3.63, 3.8) is 0 Å². The molecule has 0 aliphatic heterocycles. The summed E-state index contributed by atoms with van der Waals surface area (Å²) in [6.45, 7) is 10.3. The van der Waals surface area contributed by atoms with Gasteiger partial charge in [0.05, 0.1) is 6.10 Å². The summed E-state index contributed by atoms with van der Waals surface area (Å²) in [5.41, 5.74) is 9.02. The third-order valence-corrected chi connectivity index (χ3v) is 5.58. The molecule has 2 unspecified atom stereocenters. The van der Waals surface area contributed by atoms with Crippen LogP contribution in [-0.2, 0) is 0 Å². The zero-order valence-corrected chi connectivity index (χ0v) is 15.3. The highest BCUT2D eigenvalue weighted by molar-refractivity contribution is 5.48. The molecule has 4 atom stereocenters. The molecular formula is C20H33NO2. The first-order chi connectivity index (χ1) is 10.6. The van der Waals surface area contributed by atoms with Crippen LogP contribution in [-0.4, -0.2) is 21.9 Å². The average Bonchev–Trinajstić information content (AvgIpc) is 2.42. The van der Waals surface area contributed by atoms with Gasteiger partial charge in [-0.25, -0.2) is 0 Å². The largest absolute Gasteiger partial charge is 0.508 e. The molecule has 130 valence electrons. The average molecular weight is 319 g/mol. The predicted octanol–water partition coefficient (Wildman–Crippen LogP) is 4.20. The number of hydrogen-bond acceptors (Lipinski definition) is 3. The number of aliphatic hydroxyl groups excluding tert-OH is 1.